The smallest absolute Gasteiger partial charge is 0.115 e. The summed E-state index contributed by atoms with van der Waals surface area (Å²) in [5.74, 6) is 0.914. The molecule has 0 atom stereocenters. The molecule has 2 rings (SSSR count). The summed E-state index contributed by atoms with van der Waals surface area (Å²) in [6.45, 7) is 0. The molecule has 0 aromatic carbocycles. The van der Waals surface area contributed by atoms with Crippen LogP contribution in [0.3, 0.4) is 0 Å². The molecule has 2 heteroatoms. The third-order valence-corrected chi connectivity index (χ3v) is 2.24. The molecule has 0 unspecified atom stereocenters. The van der Waals surface area contributed by atoms with Crippen LogP contribution in [0.1, 0.15) is 25.7 Å². The highest BCUT2D eigenvalue weighted by molar-refractivity contribution is 5.60. The van der Waals surface area contributed by atoms with Crippen LogP contribution in [0.15, 0.2) is 16.9 Å². The summed E-state index contributed by atoms with van der Waals surface area (Å²) in [6, 6.07) is 0. The molecule has 0 amide bonds. The normalized spacial score (nSPS) is 23.8. The lowest BCUT2D eigenvalue weighted by Crippen LogP contribution is -2.10. The number of hydrogen-bond donors (Lipinski definition) is 0. The topological polar surface area (TPSA) is 26.5 Å². The van der Waals surface area contributed by atoms with E-state index in [4.69, 9.17) is 0 Å². The fourth-order valence-electron chi connectivity index (χ4n) is 1.36. The number of allylic oxidation sites excluding steroid dienone is 1. The van der Waals surface area contributed by atoms with Gasteiger partial charge >= 0.3 is 0 Å². The van der Waals surface area contributed by atoms with Crippen LogP contribution in [-0.2, 0) is 0 Å². The molecule has 1 radical (unpaired) electrons. The second-order valence-electron chi connectivity index (χ2n) is 3.02. The van der Waals surface area contributed by atoms with Crippen LogP contribution < -0.4 is 5.32 Å². The Labute approximate surface area is 61.0 Å². The van der Waals surface area contributed by atoms with Gasteiger partial charge in [0, 0.05) is 0 Å². The van der Waals surface area contributed by atoms with Crippen LogP contribution >= 0.6 is 0 Å². The molecule has 0 bridgehead atoms. The molecule has 1 fully saturated rings. The van der Waals surface area contributed by atoms with Crippen LogP contribution in [0.4, 0.5) is 0 Å². The fourth-order valence-corrected chi connectivity index (χ4v) is 1.36. The highest BCUT2D eigenvalue weighted by atomic mass is 15.0. The minimum Gasteiger partial charge on any atom is -0.243 e. The molecule has 10 heavy (non-hydrogen) atoms. The largest absolute Gasteiger partial charge is 0.243 e. The van der Waals surface area contributed by atoms with E-state index in [0.717, 1.165) is 12.3 Å². The lowest BCUT2D eigenvalue weighted by molar-refractivity contribution is 0.313. The molecule has 0 aromatic heterocycles. The summed E-state index contributed by atoms with van der Waals surface area (Å²) in [5.41, 5.74) is 1.17. The first-order valence-corrected chi connectivity index (χ1v) is 3.87. The highest BCUT2D eigenvalue weighted by Crippen LogP contribution is 2.32. The van der Waals surface area contributed by atoms with Gasteiger partial charge in [-0.1, -0.05) is 19.3 Å². The van der Waals surface area contributed by atoms with Gasteiger partial charge in [0.1, 0.15) is 6.34 Å². The molecule has 53 valence electrons. The first-order valence-electron chi connectivity index (χ1n) is 3.87. The van der Waals surface area contributed by atoms with Crippen molar-refractivity contribution in [1.29, 1.82) is 0 Å². The van der Waals surface area contributed by atoms with Gasteiger partial charge in [-0.2, -0.15) is 0 Å². The number of aliphatic imine (C=N–C) groups is 1. The predicted molar refractivity (Wildman–Crippen MR) is 40.7 cm³/mol. The number of hydrogen-bond acceptors (Lipinski definition) is 1. The Hall–Kier alpha value is -0.790. The number of rotatable bonds is 2. The van der Waals surface area contributed by atoms with Gasteiger partial charge in [0.25, 0.3) is 0 Å². The van der Waals surface area contributed by atoms with Crippen LogP contribution in [0, 0.1) is 5.92 Å². The summed E-state index contributed by atoms with van der Waals surface area (Å²) < 4.78 is 0. The lowest BCUT2D eigenvalue weighted by Gasteiger charge is -2.24. The molecular weight excluding hydrogens is 124 g/mol. The van der Waals surface area contributed by atoms with E-state index in [0.29, 0.717) is 0 Å². The van der Waals surface area contributed by atoms with Crippen molar-refractivity contribution in [1.82, 2.24) is 5.32 Å². The van der Waals surface area contributed by atoms with Gasteiger partial charge in [-0.3, -0.25) is 0 Å². The molecule has 0 N–H and O–H groups in total. The van der Waals surface area contributed by atoms with Gasteiger partial charge in [0.2, 0.25) is 0 Å². The van der Waals surface area contributed by atoms with Crippen LogP contribution in [0.25, 0.3) is 0 Å². The molecule has 2 aliphatic rings. The Morgan fingerprint density at radius 3 is 2.90 bits per heavy atom. The maximum atomic E-state index is 4.13. The SMILES string of the molecule is C1=NC(CC2CCC2)=C[N]1. The second kappa shape index (κ2) is 2.45. The minimum absolute atomic E-state index is 0.914. The van der Waals surface area contributed by atoms with Crippen LogP contribution in [-0.4, -0.2) is 6.34 Å². The Morgan fingerprint density at radius 1 is 1.50 bits per heavy atom. The van der Waals surface area contributed by atoms with Crippen molar-refractivity contribution < 1.29 is 0 Å². The summed E-state index contributed by atoms with van der Waals surface area (Å²) in [4.78, 5) is 4.13. The van der Waals surface area contributed by atoms with Gasteiger partial charge in [-0.05, 0) is 12.3 Å². The standard InChI is InChI=1S/C8H11N2/c1-2-7(3-1)4-8-5-9-6-10-8/h5-7H,1-4H2. The molecule has 0 spiro atoms. The Balaban J connectivity index is 1.83. The fraction of sp³-hybridized carbons (Fsp3) is 0.625. The van der Waals surface area contributed by atoms with Gasteiger partial charge in [0.15, 0.2) is 0 Å². The molecular formula is C8H11N2. The van der Waals surface area contributed by atoms with E-state index < -0.39 is 0 Å². The molecule has 2 nitrogen and oxygen atoms in total. The highest BCUT2D eigenvalue weighted by Gasteiger charge is 2.19. The van der Waals surface area contributed by atoms with Crippen molar-refractivity contribution in [2.45, 2.75) is 25.7 Å². The zero-order valence-corrected chi connectivity index (χ0v) is 5.95. The maximum absolute atomic E-state index is 4.13. The van der Waals surface area contributed by atoms with E-state index in [2.05, 4.69) is 10.3 Å². The van der Waals surface area contributed by atoms with E-state index in [9.17, 15) is 0 Å². The monoisotopic (exact) mass is 135 g/mol. The summed E-state index contributed by atoms with van der Waals surface area (Å²) in [5, 5.41) is 3.92. The molecule has 1 aliphatic heterocycles. The van der Waals surface area contributed by atoms with Crippen molar-refractivity contribution in [2.24, 2.45) is 10.9 Å². The van der Waals surface area contributed by atoms with E-state index in [1.165, 1.54) is 25.0 Å². The zero-order chi connectivity index (χ0) is 6.81. The van der Waals surface area contributed by atoms with Crippen molar-refractivity contribution in [3.63, 3.8) is 0 Å². The van der Waals surface area contributed by atoms with E-state index >= 15 is 0 Å². The van der Waals surface area contributed by atoms with Gasteiger partial charge in [-0.15, -0.1) is 0 Å². The average Bonchev–Trinajstić information content (AvgIpc) is 2.29. The van der Waals surface area contributed by atoms with Crippen molar-refractivity contribution in [3.8, 4) is 0 Å². The van der Waals surface area contributed by atoms with Crippen molar-refractivity contribution >= 4 is 6.34 Å². The summed E-state index contributed by atoms with van der Waals surface area (Å²) in [6.07, 6.45) is 8.87. The van der Waals surface area contributed by atoms with Gasteiger partial charge < -0.3 is 0 Å². The number of nitrogens with zero attached hydrogens (tertiary/aromatic N) is 2. The quantitative estimate of drug-likeness (QED) is 0.550. The van der Waals surface area contributed by atoms with E-state index in [1.807, 2.05) is 6.20 Å². The third kappa shape index (κ3) is 1.06. The van der Waals surface area contributed by atoms with Crippen molar-refractivity contribution in [3.05, 3.63) is 11.9 Å². The molecule has 0 aromatic rings. The third-order valence-electron chi connectivity index (χ3n) is 2.24. The average molecular weight is 135 g/mol. The van der Waals surface area contributed by atoms with E-state index in [-0.39, 0.29) is 0 Å². The summed E-state index contributed by atoms with van der Waals surface area (Å²) in [7, 11) is 0. The van der Waals surface area contributed by atoms with E-state index in [1.54, 1.807) is 6.34 Å². The Kier molecular flexibility index (Phi) is 1.46. The molecule has 1 aliphatic carbocycles. The first-order chi connectivity index (χ1) is 4.95. The van der Waals surface area contributed by atoms with Crippen LogP contribution in [0.5, 0.6) is 0 Å². The molecule has 1 saturated carbocycles. The zero-order valence-electron chi connectivity index (χ0n) is 5.95. The second-order valence-corrected chi connectivity index (χ2v) is 3.02. The van der Waals surface area contributed by atoms with Gasteiger partial charge in [-0.25, -0.2) is 10.3 Å². The maximum Gasteiger partial charge on any atom is 0.115 e. The predicted octanol–water partition coefficient (Wildman–Crippen LogP) is 1.66. The van der Waals surface area contributed by atoms with Gasteiger partial charge in [0.05, 0.1) is 11.9 Å². The lowest BCUT2D eigenvalue weighted by atomic mass is 9.82. The Morgan fingerprint density at radius 2 is 2.40 bits per heavy atom. The molecule has 0 saturated heterocycles. The summed E-state index contributed by atoms with van der Waals surface area (Å²) >= 11 is 0. The van der Waals surface area contributed by atoms with Crippen molar-refractivity contribution in [2.75, 3.05) is 0 Å². The minimum atomic E-state index is 0.914. The first kappa shape index (κ1) is 5.96. The Bertz CT molecular complexity index is 178. The molecule has 1 heterocycles. The van der Waals surface area contributed by atoms with Crippen LogP contribution in [0.2, 0.25) is 0 Å².